The topological polar surface area (TPSA) is 60.7 Å². The average Bonchev–Trinajstić information content (AvgIpc) is 2.98. The Hall–Kier alpha value is -2.47. The van der Waals surface area contributed by atoms with Gasteiger partial charge in [0.15, 0.2) is 11.0 Å². The molecule has 0 aliphatic rings. The number of hydrogen-bond donors (Lipinski definition) is 0. The van der Waals surface area contributed by atoms with E-state index in [2.05, 4.69) is 15.2 Å². The number of aromatic nitrogens is 4. The Morgan fingerprint density at radius 1 is 1.09 bits per heavy atom. The highest BCUT2D eigenvalue weighted by Gasteiger charge is 2.16. The third-order valence-electron chi connectivity index (χ3n) is 3.27. The normalized spacial score (nSPS) is 10.7. The first-order valence-electron chi connectivity index (χ1n) is 7.20. The molecule has 0 spiro atoms. The minimum Gasteiger partial charge on any atom is -0.299 e. The minimum atomic E-state index is 0.110. The van der Waals surface area contributed by atoms with E-state index in [1.807, 2.05) is 47.9 Å². The van der Waals surface area contributed by atoms with Crippen LogP contribution in [0, 0.1) is 6.92 Å². The van der Waals surface area contributed by atoms with Crippen LogP contribution in [0.5, 0.6) is 0 Å². The van der Waals surface area contributed by atoms with E-state index in [9.17, 15) is 4.79 Å². The first-order valence-corrected chi connectivity index (χ1v) is 8.19. The maximum atomic E-state index is 11.3. The Labute approximate surface area is 138 Å². The van der Waals surface area contributed by atoms with Gasteiger partial charge in [-0.1, -0.05) is 29.5 Å². The summed E-state index contributed by atoms with van der Waals surface area (Å²) < 4.78 is 1.97. The number of nitrogens with zero attached hydrogens (tertiary/aromatic N) is 4. The fourth-order valence-electron chi connectivity index (χ4n) is 2.14. The molecule has 0 amide bonds. The molecule has 0 saturated heterocycles. The standard InChI is InChI=1S/C17H16N4OS/c1-12-3-5-15(6-4-12)21-16(14-7-9-18-10-8-14)19-20-17(21)23-11-13(2)22/h3-10H,11H2,1-2H3. The van der Waals surface area contributed by atoms with Gasteiger partial charge in [0.1, 0.15) is 5.78 Å². The van der Waals surface area contributed by atoms with E-state index in [1.165, 1.54) is 17.3 Å². The van der Waals surface area contributed by atoms with Crippen LogP contribution in [0.2, 0.25) is 0 Å². The van der Waals surface area contributed by atoms with Crippen molar-refractivity contribution >= 4 is 17.5 Å². The molecule has 2 heterocycles. The second kappa shape index (κ2) is 6.75. The maximum Gasteiger partial charge on any atom is 0.196 e. The van der Waals surface area contributed by atoms with Gasteiger partial charge in [-0.3, -0.25) is 14.3 Å². The van der Waals surface area contributed by atoms with Gasteiger partial charge >= 0.3 is 0 Å². The number of thioether (sulfide) groups is 1. The number of pyridine rings is 1. The van der Waals surface area contributed by atoms with Gasteiger partial charge in [0.2, 0.25) is 0 Å². The van der Waals surface area contributed by atoms with Crippen LogP contribution in [0.3, 0.4) is 0 Å². The van der Waals surface area contributed by atoms with Crippen LogP contribution in [0.1, 0.15) is 12.5 Å². The van der Waals surface area contributed by atoms with E-state index in [0.29, 0.717) is 10.9 Å². The zero-order chi connectivity index (χ0) is 16.2. The molecule has 0 N–H and O–H groups in total. The summed E-state index contributed by atoms with van der Waals surface area (Å²) in [5.41, 5.74) is 3.09. The van der Waals surface area contributed by atoms with Crippen LogP contribution in [0.25, 0.3) is 17.1 Å². The first kappa shape index (κ1) is 15.4. The molecule has 0 atom stereocenters. The van der Waals surface area contributed by atoms with E-state index in [1.54, 1.807) is 19.3 Å². The van der Waals surface area contributed by atoms with Crippen molar-refractivity contribution in [1.29, 1.82) is 0 Å². The quantitative estimate of drug-likeness (QED) is 0.674. The summed E-state index contributed by atoms with van der Waals surface area (Å²) in [6.07, 6.45) is 3.46. The summed E-state index contributed by atoms with van der Waals surface area (Å²) in [6, 6.07) is 11.9. The van der Waals surface area contributed by atoms with Gasteiger partial charge in [-0.25, -0.2) is 0 Å². The lowest BCUT2D eigenvalue weighted by Gasteiger charge is -2.10. The zero-order valence-electron chi connectivity index (χ0n) is 12.9. The minimum absolute atomic E-state index is 0.110. The molecule has 0 aliphatic heterocycles. The summed E-state index contributed by atoms with van der Waals surface area (Å²) in [7, 11) is 0. The third-order valence-corrected chi connectivity index (χ3v) is 4.34. The van der Waals surface area contributed by atoms with E-state index in [-0.39, 0.29) is 5.78 Å². The molecule has 2 aromatic heterocycles. The Morgan fingerprint density at radius 2 is 1.78 bits per heavy atom. The Balaban J connectivity index is 2.10. The van der Waals surface area contributed by atoms with Crippen LogP contribution in [0.4, 0.5) is 0 Å². The zero-order valence-corrected chi connectivity index (χ0v) is 13.7. The molecule has 5 nitrogen and oxygen atoms in total. The highest BCUT2D eigenvalue weighted by atomic mass is 32.2. The number of aryl methyl sites for hydroxylation is 1. The van der Waals surface area contributed by atoms with Gasteiger partial charge in [0, 0.05) is 23.6 Å². The van der Waals surface area contributed by atoms with E-state index in [0.717, 1.165) is 17.1 Å². The van der Waals surface area contributed by atoms with Crippen molar-refractivity contribution in [2.45, 2.75) is 19.0 Å². The van der Waals surface area contributed by atoms with Gasteiger partial charge in [0.25, 0.3) is 0 Å². The molecule has 1 aromatic carbocycles. The summed E-state index contributed by atoms with van der Waals surface area (Å²) in [5.74, 6) is 1.22. The molecule has 3 aromatic rings. The summed E-state index contributed by atoms with van der Waals surface area (Å²) >= 11 is 1.39. The summed E-state index contributed by atoms with van der Waals surface area (Å²) in [4.78, 5) is 15.3. The Bertz CT molecular complexity index is 812. The van der Waals surface area contributed by atoms with Gasteiger partial charge < -0.3 is 0 Å². The molecule has 0 aliphatic carbocycles. The predicted molar refractivity (Wildman–Crippen MR) is 90.7 cm³/mol. The number of carbonyl (C=O) groups is 1. The second-order valence-electron chi connectivity index (χ2n) is 5.20. The number of carbonyl (C=O) groups excluding carboxylic acids is 1. The van der Waals surface area contributed by atoms with Gasteiger partial charge in [-0.15, -0.1) is 10.2 Å². The molecule has 0 radical (unpaired) electrons. The van der Waals surface area contributed by atoms with Crippen LogP contribution in [-0.4, -0.2) is 31.3 Å². The number of Topliss-reactive ketones (excluding diaryl/α,β-unsaturated/α-hetero) is 1. The Morgan fingerprint density at radius 3 is 2.43 bits per heavy atom. The van der Waals surface area contributed by atoms with Crippen LogP contribution in [0.15, 0.2) is 53.9 Å². The van der Waals surface area contributed by atoms with Gasteiger partial charge in [-0.2, -0.15) is 0 Å². The molecule has 6 heteroatoms. The number of ketones is 1. The first-order chi connectivity index (χ1) is 11.1. The lowest BCUT2D eigenvalue weighted by atomic mass is 10.2. The smallest absolute Gasteiger partial charge is 0.196 e. The average molecular weight is 324 g/mol. The molecular formula is C17H16N4OS. The van der Waals surface area contributed by atoms with Crippen LogP contribution < -0.4 is 0 Å². The van der Waals surface area contributed by atoms with Crippen molar-refractivity contribution in [3.63, 3.8) is 0 Å². The molecular weight excluding hydrogens is 308 g/mol. The largest absolute Gasteiger partial charge is 0.299 e. The number of benzene rings is 1. The highest BCUT2D eigenvalue weighted by molar-refractivity contribution is 7.99. The lowest BCUT2D eigenvalue weighted by molar-refractivity contribution is -0.114. The molecule has 3 rings (SSSR count). The summed E-state index contributed by atoms with van der Waals surface area (Å²) in [6.45, 7) is 3.62. The summed E-state index contributed by atoms with van der Waals surface area (Å²) in [5, 5.41) is 9.29. The van der Waals surface area contributed by atoms with Crippen molar-refractivity contribution in [3.8, 4) is 17.1 Å². The lowest BCUT2D eigenvalue weighted by Crippen LogP contribution is -2.02. The van der Waals surface area contributed by atoms with Crippen LogP contribution >= 0.6 is 11.8 Å². The highest BCUT2D eigenvalue weighted by Crippen LogP contribution is 2.27. The van der Waals surface area contributed by atoms with E-state index >= 15 is 0 Å². The fraction of sp³-hybridized carbons (Fsp3) is 0.176. The fourth-order valence-corrected chi connectivity index (χ4v) is 2.90. The van der Waals surface area contributed by atoms with Crippen molar-refractivity contribution < 1.29 is 4.79 Å². The molecule has 0 unspecified atom stereocenters. The number of hydrogen-bond acceptors (Lipinski definition) is 5. The van der Waals surface area contributed by atoms with Gasteiger partial charge in [-0.05, 0) is 38.1 Å². The molecule has 116 valence electrons. The predicted octanol–water partition coefficient (Wildman–Crippen LogP) is 3.32. The molecule has 0 fully saturated rings. The molecule has 0 bridgehead atoms. The van der Waals surface area contributed by atoms with Crippen LogP contribution in [-0.2, 0) is 4.79 Å². The number of rotatable bonds is 5. The van der Waals surface area contributed by atoms with Gasteiger partial charge in [0.05, 0.1) is 5.75 Å². The SMILES string of the molecule is CC(=O)CSc1nnc(-c2ccncc2)n1-c1ccc(C)cc1. The second-order valence-corrected chi connectivity index (χ2v) is 6.15. The Kier molecular flexibility index (Phi) is 4.52. The molecule has 23 heavy (non-hydrogen) atoms. The van der Waals surface area contributed by atoms with Crippen molar-refractivity contribution in [2.24, 2.45) is 0 Å². The monoisotopic (exact) mass is 324 g/mol. The molecule has 0 saturated carbocycles. The van der Waals surface area contributed by atoms with Crippen molar-refractivity contribution in [1.82, 2.24) is 19.7 Å². The maximum absolute atomic E-state index is 11.3. The third kappa shape index (κ3) is 3.48. The van der Waals surface area contributed by atoms with E-state index in [4.69, 9.17) is 0 Å². The van der Waals surface area contributed by atoms with E-state index < -0.39 is 0 Å². The van der Waals surface area contributed by atoms with Crippen molar-refractivity contribution in [3.05, 3.63) is 54.4 Å². The van der Waals surface area contributed by atoms with Crippen molar-refractivity contribution in [2.75, 3.05) is 5.75 Å².